The highest BCUT2D eigenvalue weighted by atomic mass is 19.1. The molecule has 1 rings (SSSR count). The van der Waals surface area contributed by atoms with E-state index in [2.05, 4.69) is 5.32 Å². The highest BCUT2D eigenvalue weighted by Crippen LogP contribution is 2.11. The molecule has 6 nitrogen and oxygen atoms in total. The Labute approximate surface area is 122 Å². The molecule has 0 saturated carbocycles. The largest absolute Gasteiger partial charge is 0.494 e. The second-order valence-corrected chi connectivity index (χ2v) is 4.71. The maximum atomic E-state index is 12.7. The van der Waals surface area contributed by atoms with Gasteiger partial charge in [0, 0.05) is 6.42 Å². The Hall–Kier alpha value is -1.70. The summed E-state index contributed by atoms with van der Waals surface area (Å²) in [7, 11) is 0. The molecule has 1 amide bonds. The number of aliphatic hydroxyl groups excluding tert-OH is 3. The molecule has 21 heavy (non-hydrogen) atoms. The van der Waals surface area contributed by atoms with E-state index < -0.39 is 31.3 Å². The Balaban J connectivity index is 2.28. The van der Waals surface area contributed by atoms with Gasteiger partial charge in [-0.2, -0.15) is 0 Å². The van der Waals surface area contributed by atoms with Crippen LogP contribution in [0.25, 0.3) is 0 Å². The lowest BCUT2D eigenvalue weighted by Crippen LogP contribution is -2.57. The van der Waals surface area contributed by atoms with E-state index in [1.807, 2.05) is 0 Å². The van der Waals surface area contributed by atoms with Crippen molar-refractivity contribution in [2.45, 2.75) is 18.4 Å². The van der Waals surface area contributed by atoms with E-state index in [9.17, 15) is 9.18 Å². The molecule has 1 aromatic carbocycles. The molecule has 0 aliphatic carbocycles. The van der Waals surface area contributed by atoms with Crippen molar-refractivity contribution in [3.05, 3.63) is 30.1 Å². The first-order chi connectivity index (χ1) is 10.0. The fraction of sp³-hybridized carbons (Fsp3) is 0.500. The minimum absolute atomic E-state index is 0.114. The molecule has 0 heterocycles. The SMILES string of the molecule is O=C(CCCOc1ccc(F)cc1)NC(CO)(CO)CO. The smallest absolute Gasteiger partial charge is 0.220 e. The summed E-state index contributed by atoms with van der Waals surface area (Å²) in [6.45, 7) is -1.41. The number of carbonyl (C=O) groups excluding carboxylic acids is 1. The van der Waals surface area contributed by atoms with Gasteiger partial charge >= 0.3 is 0 Å². The molecule has 0 aliphatic heterocycles. The van der Waals surface area contributed by atoms with Crippen LogP contribution < -0.4 is 10.1 Å². The number of amides is 1. The zero-order valence-electron chi connectivity index (χ0n) is 11.6. The van der Waals surface area contributed by atoms with Gasteiger partial charge in [0.2, 0.25) is 5.91 Å². The first-order valence-corrected chi connectivity index (χ1v) is 6.57. The van der Waals surface area contributed by atoms with Crippen LogP contribution in [0.1, 0.15) is 12.8 Å². The van der Waals surface area contributed by atoms with Gasteiger partial charge in [0.25, 0.3) is 0 Å². The first kappa shape index (κ1) is 17.4. The van der Waals surface area contributed by atoms with Gasteiger partial charge in [-0.15, -0.1) is 0 Å². The molecular formula is C14H20FNO5. The van der Waals surface area contributed by atoms with E-state index in [1.165, 1.54) is 24.3 Å². The van der Waals surface area contributed by atoms with Crippen molar-refractivity contribution in [3.8, 4) is 5.75 Å². The number of halogens is 1. The van der Waals surface area contributed by atoms with Crippen LogP contribution >= 0.6 is 0 Å². The van der Waals surface area contributed by atoms with Crippen LogP contribution in [0.4, 0.5) is 4.39 Å². The first-order valence-electron chi connectivity index (χ1n) is 6.57. The van der Waals surface area contributed by atoms with Crippen LogP contribution in [0, 0.1) is 5.82 Å². The minimum Gasteiger partial charge on any atom is -0.494 e. The lowest BCUT2D eigenvalue weighted by Gasteiger charge is -2.28. The molecule has 0 spiro atoms. The van der Waals surface area contributed by atoms with Gasteiger partial charge in [-0.05, 0) is 30.7 Å². The molecule has 0 aliphatic rings. The minimum atomic E-state index is -1.41. The van der Waals surface area contributed by atoms with Crippen molar-refractivity contribution < 1.29 is 29.2 Å². The van der Waals surface area contributed by atoms with Gasteiger partial charge in [-0.1, -0.05) is 0 Å². The Morgan fingerprint density at radius 1 is 1.14 bits per heavy atom. The average Bonchev–Trinajstić information content (AvgIpc) is 2.51. The van der Waals surface area contributed by atoms with Crippen LogP contribution in [-0.2, 0) is 4.79 Å². The molecule has 0 bridgehead atoms. The summed E-state index contributed by atoms with van der Waals surface area (Å²) in [5, 5.41) is 29.6. The van der Waals surface area contributed by atoms with Crippen LogP contribution in [-0.4, -0.2) is 53.2 Å². The normalized spacial score (nSPS) is 11.2. The topological polar surface area (TPSA) is 99.0 Å². The van der Waals surface area contributed by atoms with Gasteiger partial charge in [0.05, 0.1) is 26.4 Å². The van der Waals surface area contributed by atoms with Gasteiger partial charge in [0.15, 0.2) is 0 Å². The van der Waals surface area contributed by atoms with Crippen molar-refractivity contribution in [2.75, 3.05) is 26.4 Å². The zero-order valence-corrected chi connectivity index (χ0v) is 11.6. The van der Waals surface area contributed by atoms with Gasteiger partial charge in [-0.3, -0.25) is 4.79 Å². The third kappa shape index (κ3) is 5.66. The number of hydrogen-bond donors (Lipinski definition) is 4. The number of carbonyl (C=O) groups is 1. The molecule has 0 fully saturated rings. The maximum Gasteiger partial charge on any atom is 0.220 e. The van der Waals surface area contributed by atoms with E-state index in [0.717, 1.165) is 0 Å². The quantitative estimate of drug-likeness (QED) is 0.474. The Bertz CT molecular complexity index is 425. The summed E-state index contributed by atoms with van der Waals surface area (Å²) in [5.74, 6) is -0.253. The lowest BCUT2D eigenvalue weighted by atomic mass is 10.0. The molecule has 0 radical (unpaired) electrons. The number of nitrogens with one attached hydrogen (secondary N) is 1. The number of hydrogen-bond acceptors (Lipinski definition) is 5. The second-order valence-electron chi connectivity index (χ2n) is 4.71. The fourth-order valence-corrected chi connectivity index (χ4v) is 1.58. The molecule has 118 valence electrons. The highest BCUT2D eigenvalue weighted by Gasteiger charge is 2.29. The molecule has 1 aromatic rings. The van der Waals surface area contributed by atoms with Crippen molar-refractivity contribution in [1.29, 1.82) is 0 Å². The fourth-order valence-electron chi connectivity index (χ4n) is 1.58. The molecule has 0 saturated heterocycles. The van der Waals surface area contributed by atoms with E-state index in [0.29, 0.717) is 12.2 Å². The van der Waals surface area contributed by atoms with E-state index >= 15 is 0 Å². The Morgan fingerprint density at radius 2 is 1.71 bits per heavy atom. The number of aliphatic hydroxyl groups is 3. The van der Waals surface area contributed by atoms with Gasteiger partial charge < -0.3 is 25.4 Å². The third-order valence-corrected chi connectivity index (χ3v) is 2.94. The summed E-state index contributed by atoms with van der Waals surface area (Å²) in [6, 6.07) is 5.54. The highest BCUT2D eigenvalue weighted by molar-refractivity contribution is 5.76. The van der Waals surface area contributed by atoms with Crippen LogP contribution in [0.3, 0.4) is 0 Å². The van der Waals surface area contributed by atoms with Gasteiger partial charge in [-0.25, -0.2) is 4.39 Å². The summed E-state index contributed by atoms with van der Waals surface area (Å²) < 4.78 is 18.0. The summed E-state index contributed by atoms with van der Waals surface area (Å²) in [4.78, 5) is 11.6. The summed E-state index contributed by atoms with van der Waals surface area (Å²) in [6.07, 6.45) is 0.518. The van der Waals surface area contributed by atoms with Crippen molar-refractivity contribution in [3.63, 3.8) is 0 Å². The van der Waals surface area contributed by atoms with E-state index in [1.54, 1.807) is 0 Å². The van der Waals surface area contributed by atoms with E-state index in [-0.39, 0.29) is 18.8 Å². The van der Waals surface area contributed by atoms with E-state index in [4.69, 9.17) is 20.1 Å². The molecule has 0 unspecified atom stereocenters. The number of ether oxygens (including phenoxy) is 1. The van der Waals surface area contributed by atoms with Crippen LogP contribution in [0.5, 0.6) is 5.75 Å². The Morgan fingerprint density at radius 3 is 2.24 bits per heavy atom. The summed E-state index contributed by atoms with van der Waals surface area (Å²) in [5.41, 5.74) is -1.41. The van der Waals surface area contributed by atoms with Crippen molar-refractivity contribution >= 4 is 5.91 Å². The monoisotopic (exact) mass is 301 g/mol. The predicted molar refractivity (Wildman–Crippen MR) is 73.3 cm³/mol. The maximum absolute atomic E-state index is 12.7. The number of rotatable bonds is 9. The predicted octanol–water partition coefficient (Wildman–Crippen LogP) is -0.183. The average molecular weight is 301 g/mol. The van der Waals surface area contributed by atoms with Gasteiger partial charge in [0.1, 0.15) is 17.1 Å². The third-order valence-electron chi connectivity index (χ3n) is 2.94. The summed E-state index contributed by atoms with van der Waals surface area (Å²) >= 11 is 0. The molecule has 4 N–H and O–H groups in total. The van der Waals surface area contributed by atoms with Crippen molar-refractivity contribution in [1.82, 2.24) is 5.32 Å². The molecular weight excluding hydrogens is 281 g/mol. The molecule has 7 heteroatoms. The zero-order chi connectivity index (χ0) is 15.7. The number of benzene rings is 1. The van der Waals surface area contributed by atoms with Crippen molar-refractivity contribution in [2.24, 2.45) is 0 Å². The van der Waals surface area contributed by atoms with Crippen LogP contribution in [0.15, 0.2) is 24.3 Å². The standard InChI is InChI=1S/C14H20FNO5/c15-11-3-5-12(6-4-11)21-7-1-2-13(20)16-14(8-17,9-18)10-19/h3-6,17-19H,1-2,7-10H2,(H,16,20). The molecule has 0 atom stereocenters. The van der Waals surface area contributed by atoms with Crippen LogP contribution in [0.2, 0.25) is 0 Å². The molecule has 0 aromatic heterocycles. The lowest BCUT2D eigenvalue weighted by molar-refractivity contribution is -0.125. The second kappa shape index (κ2) is 8.56. The Kier molecular flexibility index (Phi) is 7.07.